The highest BCUT2D eigenvalue weighted by Gasteiger charge is 2.09. The number of carboxylic acid groups (broad SMARTS) is 1. The van der Waals surface area contributed by atoms with Crippen molar-refractivity contribution in [2.24, 2.45) is 0 Å². The van der Waals surface area contributed by atoms with Crippen molar-refractivity contribution in [1.29, 1.82) is 0 Å². The van der Waals surface area contributed by atoms with Crippen LogP contribution in [0.4, 0.5) is 5.69 Å². The first-order valence-electron chi connectivity index (χ1n) is 7.98. The van der Waals surface area contributed by atoms with Crippen LogP contribution in [0.3, 0.4) is 0 Å². The number of aliphatic carboxylic acids is 1. The summed E-state index contributed by atoms with van der Waals surface area (Å²) in [7, 11) is 0. The van der Waals surface area contributed by atoms with E-state index in [2.05, 4.69) is 19.2 Å². The molecule has 0 fully saturated rings. The Labute approximate surface area is 146 Å². The fourth-order valence-corrected chi connectivity index (χ4v) is 2.29. The van der Waals surface area contributed by atoms with Gasteiger partial charge in [-0.3, -0.25) is 4.79 Å². The summed E-state index contributed by atoms with van der Waals surface area (Å²) in [5.74, 6) is -0.384. The Bertz CT molecular complexity index is 764. The number of nitrogens with one attached hydrogen (secondary N) is 1. The number of anilines is 1. The molecular formula is C20H21NO4. The van der Waals surface area contributed by atoms with E-state index in [0.29, 0.717) is 11.7 Å². The van der Waals surface area contributed by atoms with Gasteiger partial charge in [0, 0.05) is 11.8 Å². The summed E-state index contributed by atoms with van der Waals surface area (Å²) in [6.07, 6.45) is 2.55. The van der Waals surface area contributed by atoms with Crippen LogP contribution in [0.25, 0.3) is 6.08 Å². The van der Waals surface area contributed by atoms with E-state index in [-0.39, 0.29) is 12.5 Å². The molecule has 2 rings (SSSR count). The van der Waals surface area contributed by atoms with E-state index < -0.39 is 5.97 Å². The molecule has 25 heavy (non-hydrogen) atoms. The van der Waals surface area contributed by atoms with Gasteiger partial charge < -0.3 is 15.2 Å². The lowest BCUT2D eigenvalue weighted by molar-refractivity contribution is -0.131. The first-order chi connectivity index (χ1) is 12.0. The van der Waals surface area contributed by atoms with E-state index in [0.717, 1.165) is 22.9 Å². The Balaban J connectivity index is 1.91. The van der Waals surface area contributed by atoms with Crippen LogP contribution in [0.1, 0.15) is 30.9 Å². The molecule has 0 aromatic heterocycles. The van der Waals surface area contributed by atoms with Gasteiger partial charge in [-0.2, -0.15) is 0 Å². The summed E-state index contributed by atoms with van der Waals surface area (Å²) >= 11 is 0. The van der Waals surface area contributed by atoms with Gasteiger partial charge in [-0.15, -0.1) is 0 Å². The van der Waals surface area contributed by atoms with Gasteiger partial charge in [0.1, 0.15) is 5.75 Å². The van der Waals surface area contributed by atoms with Crippen LogP contribution in [0.5, 0.6) is 5.75 Å². The monoisotopic (exact) mass is 339 g/mol. The lowest BCUT2D eigenvalue weighted by Crippen LogP contribution is -2.21. The summed E-state index contributed by atoms with van der Waals surface area (Å²) in [4.78, 5) is 22.6. The van der Waals surface area contributed by atoms with Crippen LogP contribution < -0.4 is 10.1 Å². The third-order valence-electron chi connectivity index (χ3n) is 3.53. The van der Waals surface area contributed by atoms with E-state index >= 15 is 0 Å². The van der Waals surface area contributed by atoms with Crippen LogP contribution in [-0.4, -0.2) is 23.6 Å². The zero-order valence-corrected chi connectivity index (χ0v) is 14.2. The number of carboxylic acids is 1. The second-order valence-electron chi connectivity index (χ2n) is 5.82. The Morgan fingerprint density at radius 1 is 1.12 bits per heavy atom. The number of hydrogen-bond donors (Lipinski definition) is 2. The van der Waals surface area contributed by atoms with Crippen LogP contribution in [-0.2, 0) is 9.59 Å². The minimum Gasteiger partial charge on any atom is -0.484 e. The largest absolute Gasteiger partial charge is 0.484 e. The van der Waals surface area contributed by atoms with Crippen LogP contribution >= 0.6 is 0 Å². The highest BCUT2D eigenvalue weighted by atomic mass is 16.5. The van der Waals surface area contributed by atoms with E-state index in [4.69, 9.17) is 9.84 Å². The average molecular weight is 339 g/mol. The number of benzene rings is 2. The fraction of sp³-hybridized carbons (Fsp3) is 0.200. The zero-order chi connectivity index (χ0) is 18.2. The Hall–Kier alpha value is -3.08. The van der Waals surface area contributed by atoms with Crippen molar-refractivity contribution in [3.05, 3.63) is 65.7 Å². The SMILES string of the molecule is CC(C)c1ccccc1NC(=O)COc1ccc(/C=C/C(=O)O)cc1. The van der Waals surface area contributed by atoms with Gasteiger partial charge in [0.15, 0.2) is 6.61 Å². The van der Waals surface area contributed by atoms with Crippen LogP contribution in [0, 0.1) is 0 Å². The molecule has 0 unspecified atom stereocenters. The molecule has 5 heteroatoms. The summed E-state index contributed by atoms with van der Waals surface area (Å²) in [6.45, 7) is 4.04. The zero-order valence-electron chi connectivity index (χ0n) is 14.2. The van der Waals surface area contributed by atoms with Gasteiger partial charge in [0.2, 0.25) is 0 Å². The summed E-state index contributed by atoms with van der Waals surface area (Å²) in [5.41, 5.74) is 2.61. The molecule has 2 aromatic rings. The highest BCUT2D eigenvalue weighted by molar-refractivity contribution is 5.92. The molecule has 0 aliphatic carbocycles. The first kappa shape index (κ1) is 18.3. The molecule has 5 nitrogen and oxygen atoms in total. The molecule has 0 aliphatic rings. The average Bonchev–Trinajstić information content (AvgIpc) is 2.59. The second-order valence-corrected chi connectivity index (χ2v) is 5.82. The minimum absolute atomic E-state index is 0.100. The van der Waals surface area contributed by atoms with E-state index in [1.807, 2.05) is 24.3 Å². The molecule has 0 aliphatic heterocycles. The van der Waals surface area contributed by atoms with Crippen molar-refractivity contribution < 1.29 is 19.4 Å². The van der Waals surface area contributed by atoms with Gasteiger partial charge >= 0.3 is 5.97 Å². The fourth-order valence-electron chi connectivity index (χ4n) is 2.29. The highest BCUT2D eigenvalue weighted by Crippen LogP contribution is 2.23. The van der Waals surface area contributed by atoms with E-state index in [1.54, 1.807) is 24.3 Å². The summed E-state index contributed by atoms with van der Waals surface area (Å²) in [5, 5.41) is 11.5. The lowest BCUT2D eigenvalue weighted by atomic mass is 10.0. The maximum atomic E-state index is 12.1. The molecule has 2 aromatic carbocycles. The quantitative estimate of drug-likeness (QED) is 0.750. The number of amides is 1. The predicted molar refractivity (Wildman–Crippen MR) is 97.8 cm³/mol. The van der Waals surface area contributed by atoms with Gasteiger partial charge in [0.25, 0.3) is 5.91 Å². The second kappa shape index (κ2) is 8.68. The third kappa shape index (κ3) is 5.80. The topological polar surface area (TPSA) is 75.6 Å². The molecule has 0 atom stereocenters. The predicted octanol–water partition coefficient (Wildman–Crippen LogP) is 3.93. The molecule has 0 saturated carbocycles. The molecule has 0 bridgehead atoms. The summed E-state index contributed by atoms with van der Waals surface area (Å²) in [6, 6.07) is 14.5. The van der Waals surface area contributed by atoms with Crippen LogP contribution in [0.2, 0.25) is 0 Å². The van der Waals surface area contributed by atoms with Gasteiger partial charge in [-0.1, -0.05) is 44.2 Å². The number of carbonyl (C=O) groups excluding carboxylic acids is 1. The smallest absolute Gasteiger partial charge is 0.328 e. The Kier molecular flexibility index (Phi) is 6.34. The molecular weight excluding hydrogens is 318 g/mol. The maximum absolute atomic E-state index is 12.1. The molecule has 0 radical (unpaired) electrons. The number of carbonyl (C=O) groups is 2. The maximum Gasteiger partial charge on any atom is 0.328 e. The molecule has 0 spiro atoms. The molecule has 130 valence electrons. The van der Waals surface area contributed by atoms with Crippen molar-refractivity contribution in [1.82, 2.24) is 0 Å². The van der Waals surface area contributed by atoms with Crippen molar-refractivity contribution in [2.45, 2.75) is 19.8 Å². The van der Waals surface area contributed by atoms with Crippen molar-refractivity contribution in [3.8, 4) is 5.75 Å². The standard InChI is InChI=1S/C20H21NO4/c1-14(2)17-5-3-4-6-18(17)21-19(22)13-25-16-10-7-15(8-11-16)9-12-20(23)24/h3-12,14H,13H2,1-2H3,(H,21,22)(H,23,24)/b12-9+. The lowest BCUT2D eigenvalue weighted by Gasteiger charge is -2.14. The minimum atomic E-state index is -1.00. The number of hydrogen-bond acceptors (Lipinski definition) is 3. The van der Waals surface area contributed by atoms with Gasteiger partial charge in [-0.25, -0.2) is 4.79 Å². The molecule has 0 heterocycles. The van der Waals surface area contributed by atoms with Gasteiger partial charge in [0.05, 0.1) is 0 Å². The number of para-hydroxylation sites is 1. The van der Waals surface area contributed by atoms with Gasteiger partial charge in [-0.05, 0) is 41.3 Å². The summed E-state index contributed by atoms with van der Waals surface area (Å²) < 4.78 is 5.47. The van der Waals surface area contributed by atoms with E-state index in [1.165, 1.54) is 6.08 Å². The molecule has 1 amide bonds. The molecule has 2 N–H and O–H groups in total. The first-order valence-corrected chi connectivity index (χ1v) is 7.98. The molecule has 0 saturated heterocycles. The Morgan fingerprint density at radius 2 is 1.80 bits per heavy atom. The number of ether oxygens (including phenoxy) is 1. The van der Waals surface area contributed by atoms with Crippen molar-refractivity contribution in [3.63, 3.8) is 0 Å². The normalized spacial score (nSPS) is 10.8. The Morgan fingerprint density at radius 3 is 2.44 bits per heavy atom. The van der Waals surface area contributed by atoms with Crippen molar-refractivity contribution in [2.75, 3.05) is 11.9 Å². The third-order valence-corrected chi connectivity index (χ3v) is 3.53. The number of rotatable bonds is 7. The van der Waals surface area contributed by atoms with E-state index in [9.17, 15) is 9.59 Å². The van der Waals surface area contributed by atoms with Crippen LogP contribution in [0.15, 0.2) is 54.6 Å². The van der Waals surface area contributed by atoms with Crippen molar-refractivity contribution >= 4 is 23.6 Å².